The first-order valence-electron chi connectivity index (χ1n) is 9.80. The van der Waals surface area contributed by atoms with Crippen LogP contribution in [0.25, 0.3) is 0 Å². The lowest BCUT2D eigenvalue weighted by Gasteiger charge is -2.11. The van der Waals surface area contributed by atoms with E-state index in [0.29, 0.717) is 40.4 Å². The molecule has 0 bridgehead atoms. The maximum absolute atomic E-state index is 11.9. The zero-order valence-corrected chi connectivity index (χ0v) is 18.8. The summed E-state index contributed by atoms with van der Waals surface area (Å²) in [5.41, 5.74) is 6.57. The molecule has 0 spiro atoms. The molecular weight excluding hydrogens is 414 g/mol. The number of nitrogens with one attached hydrogen (secondary N) is 1. The lowest BCUT2D eigenvalue weighted by Crippen LogP contribution is -2.03. The van der Waals surface area contributed by atoms with E-state index in [2.05, 4.69) is 34.6 Å². The molecule has 0 saturated carbocycles. The zero-order chi connectivity index (χ0) is 22.2. The number of nitrogens with zero attached hydrogens (tertiary/aromatic N) is 2. The molecule has 0 aliphatic rings. The number of thiazole rings is 1. The fourth-order valence-electron chi connectivity index (χ4n) is 2.72. The van der Waals surface area contributed by atoms with Crippen LogP contribution in [0, 0.1) is 13.8 Å². The molecule has 3 aromatic rings. The van der Waals surface area contributed by atoms with Gasteiger partial charge >= 0.3 is 5.97 Å². The molecule has 1 N–H and O–H groups in total. The average Bonchev–Trinajstić information content (AvgIpc) is 3.14. The molecule has 0 unspecified atom stereocenters. The van der Waals surface area contributed by atoms with Crippen LogP contribution in [0.4, 0.5) is 5.13 Å². The van der Waals surface area contributed by atoms with Gasteiger partial charge in [-0.15, -0.1) is 0 Å². The third-order valence-corrected chi connectivity index (χ3v) is 5.38. The van der Waals surface area contributed by atoms with Crippen molar-refractivity contribution in [3.8, 4) is 11.5 Å². The van der Waals surface area contributed by atoms with E-state index in [1.54, 1.807) is 27.2 Å². The van der Waals surface area contributed by atoms with E-state index in [1.165, 1.54) is 16.9 Å². The van der Waals surface area contributed by atoms with Gasteiger partial charge in [0.2, 0.25) is 5.13 Å². The summed E-state index contributed by atoms with van der Waals surface area (Å²) in [4.78, 5) is 16.7. The predicted molar refractivity (Wildman–Crippen MR) is 123 cm³/mol. The second-order valence-corrected chi connectivity index (χ2v) is 7.71. The lowest BCUT2D eigenvalue weighted by molar-refractivity contribution is 0.0531. The molecule has 0 fully saturated rings. The topological polar surface area (TPSA) is 82.0 Å². The first-order chi connectivity index (χ1) is 15.0. The van der Waals surface area contributed by atoms with Crippen molar-refractivity contribution in [2.24, 2.45) is 5.10 Å². The number of hydrogen-bond donors (Lipinski definition) is 1. The molecule has 0 aliphatic carbocycles. The maximum atomic E-state index is 11.9. The fourth-order valence-corrected chi connectivity index (χ4v) is 3.53. The van der Waals surface area contributed by atoms with Crippen molar-refractivity contribution in [3.05, 3.63) is 69.7 Å². The van der Waals surface area contributed by atoms with Gasteiger partial charge in [0.1, 0.15) is 11.5 Å². The van der Waals surface area contributed by atoms with Crippen molar-refractivity contribution in [2.75, 3.05) is 19.1 Å². The Morgan fingerprint density at radius 3 is 2.65 bits per heavy atom. The highest BCUT2D eigenvalue weighted by atomic mass is 32.1. The predicted octanol–water partition coefficient (Wildman–Crippen LogP) is 4.97. The first kappa shape index (κ1) is 22.3. The van der Waals surface area contributed by atoms with Crippen LogP contribution in [-0.2, 0) is 11.3 Å². The van der Waals surface area contributed by atoms with Gasteiger partial charge in [0.15, 0.2) is 11.5 Å². The van der Waals surface area contributed by atoms with E-state index in [0.717, 1.165) is 11.1 Å². The van der Waals surface area contributed by atoms with Gasteiger partial charge in [-0.3, -0.25) is 5.43 Å². The Morgan fingerprint density at radius 1 is 1.16 bits per heavy atom. The van der Waals surface area contributed by atoms with Gasteiger partial charge in [0.25, 0.3) is 0 Å². The van der Waals surface area contributed by atoms with E-state index in [-0.39, 0.29) is 5.97 Å². The van der Waals surface area contributed by atoms with Gasteiger partial charge in [-0.05, 0) is 50.1 Å². The highest BCUT2D eigenvalue weighted by Gasteiger charge is 2.16. The normalized spacial score (nSPS) is 10.8. The molecule has 0 saturated heterocycles. The summed E-state index contributed by atoms with van der Waals surface area (Å²) in [6.07, 6.45) is 1.65. The van der Waals surface area contributed by atoms with Crippen molar-refractivity contribution < 1.29 is 19.0 Å². The smallest absolute Gasteiger partial charge is 0.350 e. The molecule has 1 aromatic heterocycles. The van der Waals surface area contributed by atoms with Gasteiger partial charge in [-0.2, -0.15) is 5.10 Å². The van der Waals surface area contributed by atoms with Crippen LogP contribution in [0.5, 0.6) is 11.5 Å². The standard InChI is InChI=1S/C23H25N3O4S/c1-5-29-22(27)21-16(3)25-23(31-21)26-24-13-18-10-11-19(28-4)20(12-18)30-14-17-8-6-15(2)7-9-17/h6-13H,5,14H2,1-4H3,(H,25,26)/b24-13-. The first-order valence-corrected chi connectivity index (χ1v) is 10.6. The number of hydrazone groups is 1. The van der Waals surface area contributed by atoms with E-state index < -0.39 is 0 Å². The third-order valence-electron chi connectivity index (χ3n) is 4.33. The Bertz CT molecular complexity index is 1060. The number of anilines is 1. The number of ether oxygens (including phenoxy) is 3. The summed E-state index contributed by atoms with van der Waals surface area (Å²) >= 11 is 1.20. The second-order valence-electron chi connectivity index (χ2n) is 6.71. The molecule has 0 aliphatic heterocycles. The summed E-state index contributed by atoms with van der Waals surface area (Å²) in [6, 6.07) is 13.7. The number of rotatable bonds is 9. The molecular formula is C23H25N3O4S. The van der Waals surface area contributed by atoms with Crippen molar-refractivity contribution in [2.45, 2.75) is 27.4 Å². The van der Waals surface area contributed by atoms with Gasteiger partial charge < -0.3 is 14.2 Å². The highest BCUT2D eigenvalue weighted by molar-refractivity contribution is 7.17. The maximum Gasteiger partial charge on any atom is 0.350 e. The van der Waals surface area contributed by atoms with Crippen LogP contribution in [0.3, 0.4) is 0 Å². The largest absolute Gasteiger partial charge is 0.493 e. The second kappa shape index (κ2) is 10.6. The Labute approximate surface area is 185 Å². The number of carbonyl (C=O) groups is 1. The van der Waals surface area contributed by atoms with Crippen LogP contribution in [-0.4, -0.2) is 30.9 Å². The fraction of sp³-hybridized carbons (Fsp3) is 0.261. The van der Waals surface area contributed by atoms with Crippen molar-refractivity contribution >= 4 is 28.7 Å². The SMILES string of the molecule is CCOC(=O)c1sc(N/N=C\c2ccc(OC)c(OCc3ccc(C)cc3)c2)nc1C. The Kier molecular flexibility index (Phi) is 7.61. The number of methoxy groups -OCH3 is 1. The van der Waals surface area contributed by atoms with Crippen molar-refractivity contribution in [1.82, 2.24) is 4.98 Å². The third kappa shape index (κ3) is 6.05. The molecule has 2 aromatic carbocycles. The number of carbonyl (C=O) groups excluding carboxylic acids is 1. The molecule has 3 rings (SSSR count). The number of benzene rings is 2. The van der Waals surface area contributed by atoms with Crippen LogP contribution in [0.15, 0.2) is 47.6 Å². The Hall–Kier alpha value is -3.39. The van der Waals surface area contributed by atoms with Gasteiger partial charge in [-0.25, -0.2) is 9.78 Å². The van der Waals surface area contributed by atoms with E-state index in [1.807, 2.05) is 30.3 Å². The summed E-state index contributed by atoms with van der Waals surface area (Å²) in [7, 11) is 1.61. The van der Waals surface area contributed by atoms with Gasteiger partial charge in [-0.1, -0.05) is 41.2 Å². The number of aromatic nitrogens is 1. The minimum Gasteiger partial charge on any atom is -0.493 e. The van der Waals surface area contributed by atoms with Crippen molar-refractivity contribution in [3.63, 3.8) is 0 Å². The molecule has 31 heavy (non-hydrogen) atoms. The summed E-state index contributed by atoms with van der Waals surface area (Å²) in [5, 5.41) is 4.74. The van der Waals surface area contributed by atoms with E-state index >= 15 is 0 Å². The van der Waals surface area contributed by atoms with Gasteiger partial charge in [0, 0.05) is 0 Å². The highest BCUT2D eigenvalue weighted by Crippen LogP contribution is 2.28. The van der Waals surface area contributed by atoms with Gasteiger partial charge in [0.05, 0.1) is 25.6 Å². The Morgan fingerprint density at radius 2 is 1.94 bits per heavy atom. The molecule has 8 heteroatoms. The minimum absolute atomic E-state index is 0.322. The average molecular weight is 440 g/mol. The monoisotopic (exact) mass is 439 g/mol. The Balaban J connectivity index is 1.66. The molecule has 1 heterocycles. The molecule has 7 nitrogen and oxygen atoms in total. The summed E-state index contributed by atoms with van der Waals surface area (Å²) in [5.74, 6) is 0.897. The molecule has 0 atom stereocenters. The minimum atomic E-state index is -0.375. The molecule has 0 radical (unpaired) electrons. The molecule has 162 valence electrons. The van der Waals surface area contributed by atoms with Crippen LogP contribution >= 0.6 is 11.3 Å². The lowest BCUT2D eigenvalue weighted by atomic mass is 10.1. The quantitative estimate of drug-likeness (QED) is 0.288. The van der Waals surface area contributed by atoms with Crippen LogP contribution in [0.2, 0.25) is 0 Å². The van der Waals surface area contributed by atoms with E-state index in [9.17, 15) is 4.79 Å². The number of hydrogen-bond acceptors (Lipinski definition) is 8. The van der Waals surface area contributed by atoms with Crippen LogP contribution < -0.4 is 14.9 Å². The molecule has 0 amide bonds. The van der Waals surface area contributed by atoms with Crippen LogP contribution in [0.1, 0.15) is 39.0 Å². The van der Waals surface area contributed by atoms with E-state index in [4.69, 9.17) is 14.2 Å². The van der Waals surface area contributed by atoms with Crippen molar-refractivity contribution in [1.29, 1.82) is 0 Å². The number of aryl methyl sites for hydroxylation is 2. The summed E-state index contributed by atoms with van der Waals surface area (Å²) < 4.78 is 16.4. The summed E-state index contributed by atoms with van der Waals surface area (Å²) in [6.45, 7) is 6.34. The zero-order valence-electron chi connectivity index (χ0n) is 18.0. The number of esters is 1.